The van der Waals surface area contributed by atoms with Gasteiger partial charge >= 0.3 is 0 Å². The highest BCUT2D eigenvalue weighted by Crippen LogP contribution is 2.32. The average molecular weight is 494 g/mol. The third kappa shape index (κ3) is 4.98. The lowest BCUT2D eigenvalue weighted by molar-refractivity contribution is -0.384. The van der Waals surface area contributed by atoms with Gasteiger partial charge in [-0.15, -0.1) is 0 Å². The lowest BCUT2D eigenvalue weighted by atomic mass is 10.2. The number of carbonyl (C=O) groups excluding carboxylic acids is 1. The SMILES string of the molecule is Cc1cc(Cl)ccc1Oc1cc(NC(=O)C(C)n2cc(Br)c(C)n2)cc([N+](=O)[O-])c1. The summed E-state index contributed by atoms with van der Waals surface area (Å²) >= 11 is 9.32. The molecule has 30 heavy (non-hydrogen) atoms. The molecule has 2 aromatic carbocycles. The molecule has 0 aliphatic rings. The number of benzene rings is 2. The summed E-state index contributed by atoms with van der Waals surface area (Å²) in [7, 11) is 0. The molecule has 1 N–H and O–H groups in total. The normalized spacial score (nSPS) is 11.8. The number of carbonyl (C=O) groups is 1. The quantitative estimate of drug-likeness (QED) is 0.345. The minimum atomic E-state index is -0.628. The number of aryl methyl sites for hydroxylation is 2. The van der Waals surface area contributed by atoms with Gasteiger partial charge in [0.05, 0.1) is 26.8 Å². The fraction of sp³-hybridized carbons (Fsp3) is 0.200. The molecule has 1 amide bonds. The van der Waals surface area contributed by atoms with Crippen LogP contribution in [0.2, 0.25) is 5.02 Å². The molecule has 156 valence electrons. The number of amides is 1. The first-order chi connectivity index (χ1) is 14.1. The van der Waals surface area contributed by atoms with Gasteiger partial charge in [-0.2, -0.15) is 5.10 Å². The van der Waals surface area contributed by atoms with E-state index in [-0.39, 0.29) is 23.0 Å². The Morgan fingerprint density at radius 3 is 2.63 bits per heavy atom. The van der Waals surface area contributed by atoms with Gasteiger partial charge in [-0.05, 0) is 60.5 Å². The minimum Gasteiger partial charge on any atom is -0.457 e. The van der Waals surface area contributed by atoms with Crippen molar-refractivity contribution in [2.75, 3.05) is 5.32 Å². The molecule has 10 heteroatoms. The standard InChI is InChI=1S/C20H18BrClN4O4/c1-11-6-14(22)4-5-19(11)30-17-8-15(7-16(9-17)26(28)29)23-20(27)13(3)25-10-18(21)12(2)24-25/h4-10,13H,1-3H3,(H,23,27). The van der Waals surface area contributed by atoms with Crippen LogP contribution in [0.15, 0.2) is 47.1 Å². The number of nitro benzene ring substituents is 1. The van der Waals surface area contributed by atoms with Gasteiger partial charge in [-0.1, -0.05) is 11.6 Å². The second-order valence-corrected chi connectivity index (χ2v) is 7.98. The predicted octanol–water partition coefficient (Wildman–Crippen LogP) is 5.82. The summed E-state index contributed by atoms with van der Waals surface area (Å²) in [4.78, 5) is 23.5. The molecule has 0 aliphatic carbocycles. The third-order valence-electron chi connectivity index (χ3n) is 4.37. The molecule has 3 aromatic rings. The van der Waals surface area contributed by atoms with Crippen LogP contribution in [0.4, 0.5) is 11.4 Å². The number of ether oxygens (including phenoxy) is 1. The van der Waals surface area contributed by atoms with Gasteiger partial charge in [-0.3, -0.25) is 19.6 Å². The van der Waals surface area contributed by atoms with Crippen molar-refractivity contribution in [3.63, 3.8) is 0 Å². The molecule has 8 nitrogen and oxygen atoms in total. The van der Waals surface area contributed by atoms with Crippen molar-refractivity contribution < 1.29 is 14.5 Å². The molecule has 0 radical (unpaired) electrons. The number of anilines is 1. The zero-order valence-corrected chi connectivity index (χ0v) is 18.7. The van der Waals surface area contributed by atoms with E-state index in [1.807, 2.05) is 13.8 Å². The van der Waals surface area contributed by atoms with Crippen LogP contribution < -0.4 is 10.1 Å². The predicted molar refractivity (Wildman–Crippen MR) is 117 cm³/mol. The third-order valence-corrected chi connectivity index (χ3v) is 5.38. The number of nitro groups is 1. The van der Waals surface area contributed by atoms with Crippen LogP contribution in [-0.2, 0) is 4.79 Å². The number of halogens is 2. The summed E-state index contributed by atoms with van der Waals surface area (Å²) in [5, 5.41) is 18.9. The smallest absolute Gasteiger partial charge is 0.275 e. The first-order valence-corrected chi connectivity index (χ1v) is 10.1. The molecule has 0 spiro atoms. The first-order valence-electron chi connectivity index (χ1n) is 8.89. The van der Waals surface area contributed by atoms with E-state index in [2.05, 4.69) is 26.3 Å². The highest BCUT2D eigenvalue weighted by Gasteiger charge is 2.19. The van der Waals surface area contributed by atoms with Gasteiger partial charge in [0.25, 0.3) is 5.69 Å². The number of nitrogens with one attached hydrogen (secondary N) is 1. The minimum absolute atomic E-state index is 0.209. The number of aromatic nitrogens is 2. The van der Waals surface area contributed by atoms with E-state index in [4.69, 9.17) is 16.3 Å². The van der Waals surface area contributed by atoms with Gasteiger partial charge in [0.15, 0.2) is 0 Å². The summed E-state index contributed by atoms with van der Waals surface area (Å²) in [5.74, 6) is 0.344. The van der Waals surface area contributed by atoms with Gasteiger partial charge < -0.3 is 10.1 Å². The van der Waals surface area contributed by atoms with Crippen LogP contribution in [0, 0.1) is 24.0 Å². The molecule has 1 heterocycles. The fourth-order valence-corrected chi connectivity index (χ4v) is 3.21. The Balaban J connectivity index is 1.86. The molecule has 0 bridgehead atoms. The van der Waals surface area contributed by atoms with Crippen LogP contribution in [0.5, 0.6) is 11.5 Å². The van der Waals surface area contributed by atoms with E-state index >= 15 is 0 Å². The Labute approximate surface area is 186 Å². The number of hydrogen-bond acceptors (Lipinski definition) is 5. The van der Waals surface area contributed by atoms with E-state index in [9.17, 15) is 14.9 Å². The van der Waals surface area contributed by atoms with Crippen LogP contribution in [0.3, 0.4) is 0 Å². The highest BCUT2D eigenvalue weighted by atomic mass is 79.9. The van der Waals surface area contributed by atoms with E-state index in [0.717, 1.165) is 15.7 Å². The van der Waals surface area contributed by atoms with Crippen molar-refractivity contribution >= 4 is 44.8 Å². The van der Waals surface area contributed by atoms with Crippen molar-refractivity contribution in [3.8, 4) is 11.5 Å². The number of hydrogen-bond donors (Lipinski definition) is 1. The molecule has 1 atom stereocenters. The number of non-ortho nitro benzene ring substituents is 1. The Morgan fingerprint density at radius 1 is 1.30 bits per heavy atom. The molecular weight excluding hydrogens is 476 g/mol. The molecule has 0 saturated heterocycles. The Bertz CT molecular complexity index is 1110. The zero-order valence-electron chi connectivity index (χ0n) is 16.3. The monoisotopic (exact) mass is 492 g/mol. The van der Waals surface area contributed by atoms with Crippen LogP contribution in [-0.4, -0.2) is 20.6 Å². The van der Waals surface area contributed by atoms with Crippen molar-refractivity contribution in [2.24, 2.45) is 0 Å². The summed E-state index contributed by atoms with van der Waals surface area (Å²) in [6.07, 6.45) is 1.70. The lowest BCUT2D eigenvalue weighted by Crippen LogP contribution is -2.24. The average Bonchev–Trinajstić information content (AvgIpc) is 3.01. The molecule has 1 unspecified atom stereocenters. The molecule has 1 aromatic heterocycles. The topological polar surface area (TPSA) is 99.3 Å². The van der Waals surface area contributed by atoms with Crippen molar-refractivity contribution in [1.29, 1.82) is 0 Å². The molecule has 0 saturated carbocycles. The Kier molecular flexibility index (Phi) is 6.42. The highest BCUT2D eigenvalue weighted by molar-refractivity contribution is 9.10. The van der Waals surface area contributed by atoms with Crippen molar-refractivity contribution in [1.82, 2.24) is 9.78 Å². The second kappa shape index (κ2) is 8.85. The van der Waals surface area contributed by atoms with Crippen LogP contribution >= 0.6 is 27.5 Å². The van der Waals surface area contributed by atoms with Gasteiger partial charge in [0, 0.05) is 23.4 Å². The van der Waals surface area contributed by atoms with Gasteiger partial charge in [0.2, 0.25) is 5.91 Å². The summed E-state index contributed by atoms with van der Waals surface area (Å²) in [6.45, 7) is 5.31. The molecule has 0 aliphatic heterocycles. The molecular formula is C20H18BrClN4O4. The summed E-state index contributed by atoms with van der Waals surface area (Å²) in [6, 6.07) is 8.53. The van der Waals surface area contributed by atoms with E-state index < -0.39 is 11.0 Å². The summed E-state index contributed by atoms with van der Waals surface area (Å²) in [5.41, 5.74) is 1.55. The second-order valence-electron chi connectivity index (χ2n) is 6.69. The first kappa shape index (κ1) is 21.8. The van der Waals surface area contributed by atoms with Crippen molar-refractivity contribution in [2.45, 2.75) is 26.8 Å². The van der Waals surface area contributed by atoms with Gasteiger partial charge in [0.1, 0.15) is 17.5 Å². The Hall–Kier alpha value is -2.91. The maximum absolute atomic E-state index is 12.7. The fourth-order valence-electron chi connectivity index (χ4n) is 2.70. The van der Waals surface area contributed by atoms with Crippen LogP contribution in [0.25, 0.3) is 0 Å². The molecule has 0 fully saturated rings. The zero-order chi connectivity index (χ0) is 22.0. The molecule has 3 rings (SSSR count). The number of rotatable bonds is 6. The summed E-state index contributed by atoms with van der Waals surface area (Å²) < 4.78 is 8.10. The Morgan fingerprint density at radius 2 is 2.03 bits per heavy atom. The van der Waals surface area contributed by atoms with E-state index in [1.54, 1.807) is 31.3 Å². The van der Waals surface area contributed by atoms with Crippen molar-refractivity contribution in [3.05, 3.63) is 73.5 Å². The maximum Gasteiger partial charge on any atom is 0.275 e. The maximum atomic E-state index is 12.7. The van der Waals surface area contributed by atoms with Gasteiger partial charge in [-0.25, -0.2) is 0 Å². The van der Waals surface area contributed by atoms with Crippen LogP contribution in [0.1, 0.15) is 24.2 Å². The lowest BCUT2D eigenvalue weighted by Gasteiger charge is -2.14. The number of nitrogens with zero attached hydrogens (tertiary/aromatic N) is 3. The largest absolute Gasteiger partial charge is 0.457 e. The van der Waals surface area contributed by atoms with E-state index in [1.165, 1.54) is 22.9 Å². The van der Waals surface area contributed by atoms with E-state index in [0.29, 0.717) is 10.8 Å².